The van der Waals surface area contributed by atoms with Crippen LogP contribution in [0.5, 0.6) is 0 Å². The fourth-order valence-electron chi connectivity index (χ4n) is 2.08. The van der Waals surface area contributed by atoms with Gasteiger partial charge in [-0.05, 0) is 12.5 Å². The maximum Gasteiger partial charge on any atom is 0.239 e. The van der Waals surface area contributed by atoms with Gasteiger partial charge in [-0.25, -0.2) is 4.98 Å². The molecule has 3 N–H and O–H groups in total. The number of aliphatic imine (C=N–C) groups is 1. The molecule has 0 unspecified atom stereocenters. The molecule has 0 saturated carbocycles. The van der Waals surface area contributed by atoms with E-state index in [2.05, 4.69) is 31.3 Å². The van der Waals surface area contributed by atoms with Gasteiger partial charge >= 0.3 is 0 Å². The molecule has 0 fully saturated rings. The highest BCUT2D eigenvalue weighted by Crippen LogP contribution is 2.07. The van der Waals surface area contributed by atoms with Crippen LogP contribution in [0.15, 0.2) is 40.7 Å². The molecule has 0 aliphatic carbocycles. The molecule has 0 saturated heterocycles. The number of carbonyl (C=O) groups is 1. The van der Waals surface area contributed by atoms with Crippen molar-refractivity contribution in [2.75, 3.05) is 20.1 Å². The summed E-state index contributed by atoms with van der Waals surface area (Å²) in [5.74, 6) is 0.536. The number of hydrogen-bond donors (Lipinski definition) is 3. The van der Waals surface area contributed by atoms with Crippen LogP contribution in [-0.2, 0) is 17.8 Å². The van der Waals surface area contributed by atoms with Crippen molar-refractivity contribution in [3.63, 3.8) is 0 Å². The van der Waals surface area contributed by atoms with E-state index in [1.165, 1.54) is 0 Å². The van der Waals surface area contributed by atoms with Gasteiger partial charge in [-0.3, -0.25) is 9.79 Å². The first-order valence-corrected chi connectivity index (χ1v) is 8.71. The number of aryl methyl sites for hydroxylation is 1. The second-order valence-electron chi connectivity index (χ2n) is 5.22. The molecule has 1 aromatic carbocycles. The zero-order chi connectivity index (χ0) is 17.2. The summed E-state index contributed by atoms with van der Waals surface area (Å²) in [7, 11) is 1.68. The van der Waals surface area contributed by atoms with Crippen molar-refractivity contribution in [3.05, 3.63) is 52.0 Å². The Morgan fingerprint density at radius 1 is 1.20 bits per heavy atom. The second-order valence-corrected chi connectivity index (χ2v) is 6.28. The van der Waals surface area contributed by atoms with E-state index in [1.807, 2.05) is 37.3 Å². The molecule has 25 heavy (non-hydrogen) atoms. The number of amides is 1. The zero-order valence-electron chi connectivity index (χ0n) is 14.4. The number of nitrogens with zero attached hydrogens (tertiary/aromatic N) is 2. The predicted molar refractivity (Wildman–Crippen MR) is 114 cm³/mol. The van der Waals surface area contributed by atoms with E-state index in [0.717, 1.165) is 22.7 Å². The number of benzene rings is 1. The molecule has 1 amide bonds. The summed E-state index contributed by atoms with van der Waals surface area (Å²) in [4.78, 5) is 20.4. The van der Waals surface area contributed by atoms with Crippen LogP contribution in [0.25, 0.3) is 0 Å². The van der Waals surface area contributed by atoms with Crippen molar-refractivity contribution in [1.82, 2.24) is 20.9 Å². The summed E-state index contributed by atoms with van der Waals surface area (Å²) in [6.07, 6.45) is 0.825. The normalized spacial score (nSPS) is 10.7. The number of nitrogens with one attached hydrogen (secondary N) is 3. The van der Waals surface area contributed by atoms with E-state index in [0.29, 0.717) is 19.0 Å². The summed E-state index contributed by atoms with van der Waals surface area (Å²) >= 11 is 1.65. The quantitative estimate of drug-likeness (QED) is 0.327. The lowest BCUT2D eigenvalue weighted by Gasteiger charge is -2.11. The molecule has 0 aliphatic heterocycles. The van der Waals surface area contributed by atoms with Gasteiger partial charge in [-0.1, -0.05) is 30.3 Å². The first-order chi connectivity index (χ1) is 11.7. The first-order valence-electron chi connectivity index (χ1n) is 7.83. The van der Waals surface area contributed by atoms with Gasteiger partial charge in [0.25, 0.3) is 0 Å². The Balaban J connectivity index is 0.00000312. The standard InChI is InChI=1S/C17H23N5OS.HI/c1-13-22-15(12-24-13)8-9-19-17(18-2)21-11-16(23)20-10-14-6-4-3-5-7-14;/h3-7,12H,8-11H2,1-2H3,(H,20,23)(H2,18,19,21);1H. The molecule has 0 radical (unpaired) electrons. The number of carbonyl (C=O) groups excluding carboxylic acids is 1. The molecule has 0 aliphatic rings. The monoisotopic (exact) mass is 473 g/mol. The molecular weight excluding hydrogens is 449 g/mol. The number of guanidine groups is 1. The van der Waals surface area contributed by atoms with Crippen molar-refractivity contribution in [1.29, 1.82) is 0 Å². The zero-order valence-corrected chi connectivity index (χ0v) is 17.6. The van der Waals surface area contributed by atoms with Gasteiger partial charge in [-0.15, -0.1) is 35.3 Å². The Bertz CT molecular complexity index is 675. The molecule has 136 valence electrons. The van der Waals surface area contributed by atoms with Crippen LogP contribution in [0, 0.1) is 6.92 Å². The van der Waals surface area contributed by atoms with Crippen LogP contribution in [-0.4, -0.2) is 37.0 Å². The van der Waals surface area contributed by atoms with Crippen molar-refractivity contribution < 1.29 is 4.79 Å². The number of hydrogen-bond acceptors (Lipinski definition) is 4. The maximum atomic E-state index is 11.9. The van der Waals surface area contributed by atoms with Gasteiger partial charge in [-0.2, -0.15) is 0 Å². The van der Waals surface area contributed by atoms with E-state index in [4.69, 9.17) is 0 Å². The third-order valence-electron chi connectivity index (χ3n) is 3.31. The maximum absolute atomic E-state index is 11.9. The Kier molecular flexibility index (Phi) is 10.1. The highest BCUT2D eigenvalue weighted by molar-refractivity contribution is 14.0. The van der Waals surface area contributed by atoms with Crippen molar-refractivity contribution in [2.24, 2.45) is 4.99 Å². The number of rotatable bonds is 7. The van der Waals surface area contributed by atoms with Crippen LogP contribution >= 0.6 is 35.3 Å². The van der Waals surface area contributed by atoms with Crippen LogP contribution in [0.2, 0.25) is 0 Å². The molecule has 2 aromatic rings. The fraction of sp³-hybridized carbons (Fsp3) is 0.353. The van der Waals surface area contributed by atoms with Gasteiger partial charge in [0, 0.05) is 31.9 Å². The van der Waals surface area contributed by atoms with Crippen molar-refractivity contribution >= 4 is 47.2 Å². The minimum absolute atomic E-state index is 0. The number of thiazole rings is 1. The Morgan fingerprint density at radius 2 is 1.96 bits per heavy atom. The average Bonchev–Trinajstić information content (AvgIpc) is 3.02. The Labute approximate surface area is 169 Å². The summed E-state index contributed by atoms with van der Waals surface area (Å²) in [5, 5.41) is 12.2. The summed E-state index contributed by atoms with van der Waals surface area (Å²) in [6, 6.07) is 9.82. The van der Waals surface area contributed by atoms with Crippen LogP contribution in [0.4, 0.5) is 0 Å². The smallest absolute Gasteiger partial charge is 0.239 e. The molecule has 8 heteroatoms. The molecule has 6 nitrogen and oxygen atoms in total. The van der Waals surface area contributed by atoms with E-state index in [9.17, 15) is 4.79 Å². The SMILES string of the molecule is CN=C(NCCc1csc(C)n1)NCC(=O)NCc1ccccc1.I. The average molecular weight is 473 g/mol. The highest BCUT2D eigenvalue weighted by atomic mass is 127. The summed E-state index contributed by atoms with van der Waals surface area (Å²) < 4.78 is 0. The third kappa shape index (κ3) is 8.30. The molecule has 0 atom stereocenters. The molecule has 2 rings (SSSR count). The van der Waals surface area contributed by atoms with Gasteiger partial charge in [0.2, 0.25) is 5.91 Å². The van der Waals surface area contributed by atoms with Crippen LogP contribution in [0.3, 0.4) is 0 Å². The Hall–Kier alpha value is -1.68. The lowest BCUT2D eigenvalue weighted by Crippen LogP contribution is -2.43. The van der Waals surface area contributed by atoms with E-state index in [1.54, 1.807) is 18.4 Å². The molecule has 0 bridgehead atoms. The van der Waals surface area contributed by atoms with E-state index < -0.39 is 0 Å². The topological polar surface area (TPSA) is 78.4 Å². The van der Waals surface area contributed by atoms with Gasteiger partial charge in [0.1, 0.15) is 0 Å². The first kappa shape index (κ1) is 21.4. The largest absolute Gasteiger partial charge is 0.356 e. The molecule has 0 spiro atoms. The minimum atomic E-state index is -0.0723. The lowest BCUT2D eigenvalue weighted by atomic mass is 10.2. The van der Waals surface area contributed by atoms with Crippen LogP contribution < -0.4 is 16.0 Å². The number of halogens is 1. The number of aromatic nitrogens is 1. The van der Waals surface area contributed by atoms with Gasteiger partial charge in [0.05, 0.1) is 17.2 Å². The summed E-state index contributed by atoms with van der Waals surface area (Å²) in [5.41, 5.74) is 2.15. The van der Waals surface area contributed by atoms with Crippen LogP contribution in [0.1, 0.15) is 16.3 Å². The van der Waals surface area contributed by atoms with Crippen molar-refractivity contribution in [2.45, 2.75) is 19.9 Å². The predicted octanol–water partition coefficient (Wildman–Crippen LogP) is 2.09. The lowest BCUT2D eigenvalue weighted by molar-refractivity contribution is -0.120. The Morgan fingerprint density at radius 3 is 2.60 bits per heavy atom. The molecule has 1 aromatic heterocycles. The van der Waals surface area contributed by atoms with Crippen molar-refractivity contribution in [3.8, 4) is 0 Å². The highest BCUT2D eigenvalue weighted by Gasteiger charge is 2.04. The fourth-order valence-corrected chi connectivity index (χ4v) is 2.72. The van der Waals surface area contributed by atoms with Gasteiger partial charge < -0.3 is 16.0 Å². The minimum Gasteiger partial charge on any atom is -0.356 e. The molecule has 1 heterocycles. The second kappa shape index (κ2) is 11.8. The molecular formula is C17H24IN5OS. The third-order valence-corrected chi connectivity index (χ3v) is 4.13. The van der Waals surface area contributed by atoms with E-state index in [-0.39, 0.29) is 36.4 Å². The summed E-state index contributed by atoms with van der Waals surface area (Å²) in [6.45, 7) is 3.42. The van der Waals surface area contributed by atoms with Gasteiger partial charge in [0.15, 0.2) is 5.96 Å². The van der Waals surface area contributed by atoms with E-state index >= 15 is 0 Å².